The molecule has 174 valence electrons. The Labute approximate surface area is 204 Å². The molecule has 0 aromatic heterocycles. The Morgan fingerprint density at radius 2 is 1.90 bits per heavy atom. The van der Waals surface area contributed by atoms with Crippen molar-refractivity contribution in [1.29, 1.82) is 0 Å². The molecule has 2 aliphatic heterocycles. The van der Waals surface area contributed by atoms with Gasteiger partial charge in [0, 0.05) is 45.0 Å². The summed E-state index contributed by atoms with van der Waals surface area (Å²) in [5.74, 6) is 1.52. The second kappa shape index (κ2) is 11.8. The van der Waals surface area contributed by atoms with Gasteiger partial charge in [-0.1, -0.05) is 18.2 Å². The lowest BCUT2D eigenvalue weighted by Gasteiger charge is -2.24. The molecule has 0 bridgehead atoms. The van der Waals surface area contributed by atoms with Crippen molar-refractivity contribution in [3.05, 3.63) is 30.3 Å². The van der Waals surface area contributed by atoms with Gasteiger partial charge >= 0.3 is 6.09 Å². The van der Waals surface area contributed by atoms with Crippen molar-refractivity contribution in [2.24, 2.45) is 10.9 Å². The molecule has 1 amide bonds. The van der Waals surface area contributed by atoms with Crippen LogP contribution in [0.25, 0.3) is 0 Å². The van der Waals surface area contributed by atoms with Crippen LogP contribution in [0.2, 0.25) is 0 Å². The number of guanidine groups is 1. The Morgan fingerprint density at radius 3 is 2.58 bits per heavy atom. The molecule has 2 N–H and O–H groups in total. The number of anilines is 1. The van der Waals surface area contributed by atoms with Gasteiger partial charge in [0.15, 0.2) is 5.96 Å². The molecule has 2 saturated heterocycles. The molecule has 31 heavy (non-hydrogen) atoms. The van der Waals surface area contributed by atoms with E-state index in [9.17, 15) is 4.79 Å². The van der Waals surface area contributed by atoms with Crippen molar-refractivity contribution in [1.82, 2.24) is 15.5 Å². The normalized spacial score (nSPS) is 21.6. The van der Waals surface area contributed by atoms with Crippen molar-refractivity contribution in [2.45, 2.75) is 52.2 Å². The number of hydrogen-bond donors (Lipinski definition) is 2. The van der Waals surface area contributed by atoms with Crippen LogP contribution in [0.4, 0.5) is 10.5 Å². The first-order valence-electron chi connectivity index (χ1n) is 11.2. The zero-order chi connectivity index (χ0) is 21.6. The number of alkyl carbamates (subject to hydrolysis) is 1. The number of rotatable bonds is 5. The number of para-hydroxylation sites is 1. The summed E-state index contributed by atoms with van der Waals surface area (Å²) in [6, 6.07) is 10.7. The summed E-state index contributed by atoms with van der Waals surface area (Å²) in [6.07, 6.45) is 1.72. The maximum Gasteiger partial charge on any atom is 0.407 e. The number of carbonyl (C=O) groups excluding carboxylic acids is 1. The van der Waals surface area contributed by atoms with Crippen LogP contribution in [0.15, 0.2) is 35.3 Å². The van der Waals surface area contributed by atoms with E-state index < -0.39 is 5.60 Å². The molecular weight excluding hydrogens is 505 g/mol. The fourth-order valence-corrected chi connectivity index (χ4v) is 4.04. The molecule has 2 heterocycles. The van der Waals surface area contributed by atoms with E-state index in [1.807, 2.05) is 20.8 Å². The van der Waals surface area contributed by atoms with Crippen LogP contribution in [-0.4, -0.2) is 67.9 Å². The van der Waals surface area contributed by atoms with Crippen LogP contribution >= 0.6 is 24.0 Å². The highest BCUT2D eigenvalue weighted by Crippen LogP contribution is 2.23. The summed E-state index contributed by atoms with van der Waals surface area (Å²) in [5, 5.41) is 6.41. The van der Waals surface area contributed by atoms with Gasteiger partial charge in [0.2, 0.25) is 0 Å². The van der Waals surface area contributed by atoms with E-state index >= 15 is 0 Å². The van der Waals surface area contributed by atoms with Gasteiger partial charge in [-0.05, 0) is 58.6 Å². The van der Waals surface area contributed by atoms with Gasteiger partial charge in [0.25, 0.3) is 0 Å². The average Bonchev–Trinajstić information content (AvgIpc) is 3.34. The number of carbonyl (C=O) groups is 1. The molecule has 0 radical (unpaired) electrons. The lowest BCUT2D eigenvalue weighted by Crippen LogP contribution is -2.44. The molecule has 1 aromatic carbocycles. The Kier molecular flexibility index (Phi) is 9.71. The van der Waals surface area contributed by atoms with E-state index in [0.717, 1.165) is 51.6 Å². The highest BCUT2D eigenvalue weighted by Gasteiger charge is 2.28. The summed E-state index contributed by atoms with van der Waals surface area (Å²) in [5.41, 5.74) is 0.819. The first kappa shape index (κ1) is 25.5. The summed E-state index contributed by atoms with van der Waals surface area (Å²) in [6.45, 7) is 13.2. The number of ether oxygens (including phenoxy) is 1. The summed E-state index contributed by atoms with van der Waals surface area (Å²) >= 11 is 0. The van der Waals surface area contributed by atoms with Crippen LogP contribution in [0.5, 0.6) is 0 Å². The van der Waals surface area contributed by atoms with Gasteiger partial charge in [0.05, 0.1) is 6.04 Å². The van der Waals surface area contributed by atoms with Gasteiger partial charge in [-0.2, -0.15) is 0 Å². The van der Waals surface area contributed by atoms with E-state index in [2.05, 4.69) is 57.7 Å². The van der Waals surface area contributed by atoms with Crippen molar-refractivity contribution in [3.8, 4) is 0 Å². The fourth-order valence-electron chi connectivity index (χ4n) is 4.04. The smallest absolute Gasteiger partial charge is 0.407 e. The van der Waals surface area contributed by atoms with Gasteiger partial charge in [-0.15, -0.1) is 24.0 Å². The SMILES string of the molecule is CCNC(=NCC1CCN(c2ccccc2)C1)N1CCC(NC(=O)OC(C)(C)C)C1.I. The first-order valence-corrected chi connectivity index (χ1v) is 11.2. The van der Waals surface area contributed by atoms with Crippen LogP contribution in [0, 0.1) is 5.92 Å². The van der Waals surface area contributed by atoms with Gasteiger partial charge < -0.3 is 25.2 Å². The zero-order valence-electron chi connectivity index (χ0n) is 19.3. The third kappa shape index (κ3) is 8.05. The Hall–Kier alpha value is -1.71. The van der Waals surface area contributed by atoms with Gasteiger partial charge in [-0.3, -0.25) is 4.99 Å². The monoisotopic (exact) mass is 543 g/mol. The van der Waals surface area contributed by atoms with E-state index in [4.69, 9.17) is 9.73 Å². The highest BCUT2D eigenvalue weighted by molar-refractivity contribution is 14.0. The lowest BCUT2D eigenvalue weighted by atomic mass is 10.1. The van der Waals surface area contributed by atoms with E-state index in [-0.39, 0.29) is 36.1 Å². The molecule has 2 fully saturated rings. The minimum atomic E-state index is -0.478. The lowest BCUT2D eigenvalue weighted by molar-refractivity contribution is 0.0507. The van der Waals surface area contributed by atoms with Crippen LogP contribution in [0.3, 0.4) is 0 Å². The standard InChI is InChI=1S/C23H37N5O2.HI/c1-5-24-21(28-14-12-19(17-28)26-22(29)30-23(2,3)4)25-15-18-11-13-27(16-18)20-9-7-6-8-10-20;/h6-10,18-19H,5,11-17H2,1-4H3,(H,24,25)(H,26,29);1H. The second-order valence-electron chi connectivity index (χ2n) is 9.21. The number of likely N-dealkylation sites (tertiary alicyclic amines) is 1. The van der Waals surface area contributed by atoms with Crippen molar-refractivity contribution in [3.63, 3.8) is 0 Å². The summed E-state index contributed by atoms with van der Waals surface area (Å²) in [4.78, 5) is 21.7. The molecule has 2 unspecified atom stereocenters. The summed E-state index contributed by atoms with van der Waals surface area (Å²) in [7, 11) is 0. The van der Waals surface area contributed by atoms with Crippen LogP contribution < -0.4 is 15.5 Å². The molecule has 0 saturated carbocycles. The molecule has 0 aliphatic carbocycles. The maximum atomic E-state index is 12.1. The first-order chi connectivity index (χ1) is 14.3. The van der Waals surface area contributed by atoms with Crippen LogP contribution in [0.1, 0.15) is 40.5 Å². The largest absolute Gasteiger partial charge is 0.444 e. The quantitative estimate of drug-likeness (QED) is 0.337. The number of halogens is 1. The molecule has 2 atom stereocenters. The fraction of sp³-hybridized carbons (Fsp3) is 0.652. The molecular formula is C23H38IN5O2. The molecule has 0 spiro atoms. The van der Waals surface area contributed by atoms with E-state index in [1.165, 1.54) is 12.1 Å². The van der Waals surface area contributed by atoms with E-state index in [1.54, 1.807) is 0 Å². The number of amides is 1. The van der Waals surface area contributed by atoms with Gasteiger partial charge in [0.1, 0.15) is 5.60 Å². The predicted octanol–water partition coefficient (Wildman–Crippen LogP) is 3.70. The Bertz CT molecular complexity index is 722. The number of aliphatic imine (C=N–C) groups is 1. The topological polar surface area (TPSA) is 69.2 Å². The highest BCUT2D eigenvalue weighted by atomic mass is 127. The summed E-state index contributed by atoms with van der Waals surface area (Å²) < 4.78 is 5.39. The molecule has 8 heteroatoms. The van der Waals surface area contributed by atoms with Crippen molar-refractivity contribution in [2.75, 3.05) is 44.2 Å². The number of benzene rings is 1. The molecule has 1 aromatic rings. The average molecular weight is 543 g/mol. The molecule has 2 aliphatic rings. The third-order valence-corrected chi connectivity index (χ3v) is 5.45. The minimum absolute atomic E-state index is 0. The second-order valence-corrected chi connectivity index (χ2v) is 9.21. The van der Waals surface area contributed by atoms with Gasteiger partial charge in [-0.25, -0.2) is 4.79 Å². The molecule has 7 nitrogen and oxygen atoms in total. The number of hydrogen-bond acceptors (Lipinski definition) is 4. The predicted molar refractivity (Wildman–Crippen MR) is 138 cm³/mol. The molecule has 3 rings (SSSR count). The maximum absolute atomic E-state index is 12.1. The third-order valence-electron chi connectivity index (χ3n) is 5.45. The van der Waals surface area contributed by atoms with Crippen LogP contribution in [-0.2, 0) is 4.74 Å². The Morgan fingerprint density at radius 1 is 1.16 bits per heavy atom. The Balaban J connectivity index is 0.00000341. The minimum Gasteiger partial charge on any atom is -0.444 e. The van der Waals surface area contributed by atoms with Crippen molar-refractivity contribution < 1.29 is 9.53 Å². The number of nitrogens with one attached hydrogen (secondary N) is 2. The van der Waals surface area contributed by atoms with E-state index in [0.29, 0.717) is 5.92 Å². The number of nitrogens with zero attached hydrogens (tertiary/aromatic N) is 3. The zero-order valence-corrected chi connectivity index (χ0v) is 21.6. The van der Waals surface area contributed by atoms with Crippen molar-refractivity contribution >= 4 is 41.7 Å².